The third-order valence-corrected chi connectivity index (χ3v) is 17.4. The lowest BCUT2D eigenvalue weighted by Crippen LogP contribution is -2.49. The van der Waals surface area contributed by atoms with Crippen molar-refractivity contribution in [3.63, 3.8) is 0 Å². The van der Waals surface area contributed by atoms with Gasteiger partial charge in [0.15, 0.2) is 0 Å². The summed E-state index contributed by atoms with van der Waals surface area (Å²) in [6, 6.07) is -0.195. The fraction of sp³-hybridized carbons (Fsp3) is 0.845. The van der Waals surface area contributed by atoms with Gasteiger partial charge in [0.25, 0.3) is 0 Å². The van der Waals surface area contributed by atoms with Gasteiger partial charge >= 0.3 is 65.7 Å². The highest BCUT2D eigenvalue weighted by molar-refractivity contribution is 5.84. The molecule has 26 heteroatoms. The van der Waals surface area contributed by atoms with Crippen molar-refractivity contribution in [1.82, 2.24) is 10.6 Å². The monoisotopic (exact) mass is 1610 g/mol. The average molecular weight is 1610 g/mol. The first kappa shape index (κ1) is 163. The summed E-state index contributed by atoms with van der Waals surface area (Å²) in [6.07, 6.45) is 10.2. The highest BCUT2D eigenvalue weighted by Gasteiger charge is 2.39. The first-order valence-electron chi connectivity index (χ1n) is 32.7. The number of carbonyl (C=O) groups is 13. The van der Waals surface area contributed by atoms with Crippen LogP contribution in [0, 0.1) is 62.1 Å². The largest absolute Gasteiger partial charge is 0.481 e. The summed E-state index contributed by atoms with van der Waals surface area (Å²) in [4.78, 5) is 140. The molecule has 7 atom stereocenters. The van der Waals surface area contributed by atoms with Crippen molar-refractivity contribution in [3.05, 3.63) is 0 Å². The van der Waals surface area contributed by atoms with Crippen molar-refractivity contribution in [1.29, 1.82) is 0 Å². The number of esters is 2. The molecule has 0 bridgehead atoms. The van der Waals surface area contributed by atoms with E-state index in [2.05, 4.69) is 10.6 Å². The maximum atomic E-state index is 12.0. The molecule has 0 radical (unpaired) electrons. The molecule has 0 heterocycles. The highest BCUT2D eigenvalue weighted by atomic mass is 16.5. The Morgan fingerprint density at radius 1 is 0.391 bits per heavy atom. The van der Waals surface area contributed by atoms with Gasteiger partial charge in [-0.15, -0.1) is 0 Å². The number of amides is 2. The lowest BCUT2D eigenvalue weighted by molar-refractivity contribution is -0.169. The van der Waals surface area contributed by atoms with Gasteiger partial charge < -0.3 is 66.1 Å². The van der Waals surface area contributed by atoms with Gasteiger partial charge in [-0.05, 0) is 131 Å². The number of aliphatic carboxylic acids is 9. The van der Waals surface area contributed by atoms with Crippen LogP contribution in [0.3, 0.4) is 0 Å². The molecule has 0 aromatic carbocycles. The predicted molar refractivity (Wildman–Crippen MR) is 462 cm³/mol. The summed E-state index contributed by atoms with van der Waals surface area (Å²) in [7, 11) is 0. The van der Waals surface area contributed by atoms with Crippen LogP contribution in [-0.2, 0) is 71.8 Å². The van der Waals surface area contributed by atoms with Crippen molar-refractivity contribution < 1.29 is 118 Å². The number of carbonyl (C=O) groups excluding carboxylic acids is 4. The van der Waals surface area contributed by atoms with E-state index in [4.69, 9.17) is 55.4 Å². The lowest BCUT2D eigenvalue weighted by Gasteiger charge is -2.32. The van der Waals surface area contributed by atoms with Crippen molar-refractivity contribution in [2.24, 2.45) is 62.1 Å². The molecule has 2 fully saturated rings. The zero-order valence-electron chi connectivity index (χ0n) is 60.8. The minimum absolute atomic E-state index is 0. The van der Waals surface area contributed by atoms with Gasteiger partial charge in [0.2, 0.25) is 11.8 Å². The lowest BCUT2D eigenvalue weighted by atomic mass is 9.82. The maximum absolute atomic E-state index is 12.0. The number of carboxylic acids is 9. The normalized spacial score (nSPS) is 14.7. The van der Waals surface area contributed by atoms with Crippen LogP contribution in [-0.4, -0.2) is 149 Å². The predicted octanol–water partition coefficient (Wildman–Crippen LogP) is 22.4. The van der Waals surface area contributed by atoms with E-state index < -0.39 is 104 Å². The van der Waals surface area contributed by atoms with Crippen LogP contribution >= 0.6 is 0 Å². The fourth-order valence-electron chi connectivity index (χ4n) is 6.64. The summed E-state index contributed by atoms with van der Waals surface area (Å²) in [6.45, 7) is 40.0. The van der Waals surface area contributed by atoms with E-state index >= 15 is 0 Å². The minimum Gasteiger partial charge on any atom is -0.481 e. The van der Waals surface area contributed by atoms with Crippen LogP contribution in [0.2, 0.25) is 0 Å². The quantitative estimate of drug-likeness (QED) is 0.0324. The van der Waals surface area contributed by atoms with E-state index in [0.717, 1.165) is 51.4 Å². The number of ether oxygens (including phenoxy) is 2. The first-order chi connectivity index (χ1) is 42.7. The van der Waals surface area contributed by atoms with Crippen molar-refractivity contribution in [2.45, 2.75) is 399 Å². The second kappa shape index (κ2) is 81.6. The topological polar surface area (TPSA) is 446 Å². The molecule has 0 spiro atoms. The molecule has 0 aromatic heterocycles. The third kappa shape index (κ3) is 75.2. The minimum atomic E-state index is -1.12. The molecule has 2 aliphatic carbocycles. The number of carboxylic acid groups (broad SMARTS) is 9. The van der Waals surface area contributed by atoms with Gasteiger partial charge in [-0.1, -0.05) is 242 Å². The van der Waals surface area contributed by atoms with Gasteiger partial charge in [0.05, 0.1) is 64.6 Å². The molecule has 26 nitrogen and oxygen atoms in total. The van der Waals surface area contributed by atoms with E-state index in [1.165, 1.54) is 6.92 Å². The standard InChI is InChI=1S/C13H23NO3.C13H22O4.C9H17NO3.C9H16O4.C7H12O4.2C6H12O2.C5H10O2.16CH4/c1-4-13(2,3)12(17)14-10-8-6-5-7-9(10)11(15)16;1-4-13(2,3)12(16)17-10-8-6-5-7-9(10)11(14)15;1-4-9(2,3)8(13)10-6-5-7(11)12;1-4-9(2,3)8(12)13-6-5-7(10)11;1-3-7(2,6(10)11)4-5(8)9;1-4-6(2,3)5(7)8;1-4(2)5(3)6(7)8;1-3-4(2)5(6)7;;;;;;;;;;;;;;;;/h9-10H,4-8H2,1-3H3,(H,14,17)(H,15,16);9-10H,4-8H2,1-3H3,(H,14,15);4-6H2,1-3H3,(H,10,13)(H,11,12);4-6H2,1-3H3,(H,10,11);3-4H2,1-2H3,(H,8,9)(H,10,11);4H2,1-3H3,(H,7,8);4-5H,1-3H3,(H,7,8);4H,3H2,1-2H3,(H,6,7);16*1H4. The van der Waals surface area contributed by atoms with Crippen LogP contribution in [0.4, 0.5) is 0 Å². The van der Waals surface area contributed by atoms with E-state index in [1.807, 2.05) is 96.9 Å². The zero-order chi connectivity index (χ0) is 75.5. The maximum Gasteiger partial charge on any atom is 0.311 e. The van der Waals surface area contributed by atoms with Crippen molar-refractivity contribution in [3.8, 4) is 0 Å². The highest BCUT2D eigenvalue weighted by Crippen LogP contribution is 2.32. The number of hydrogen-bond acceptors (Lipinski definition) is 15. The fourth-order valence-corrected chi connectivity index (χ4v) is 6.64. The summed E-state index contributed by atoms with van der Waals surface area (Å²) in [5.74, 6) is -9.58. The Balaban J connectivity index is -0.0000000400. The van der Waals surface area contributed by atoms with E-state index in [1.54, 1.807) is 48.5 Å². The zero-order valence-corrected chi connectivity index (χ0v) is 60.8. The Bertz CT molecular complexity index is 2240. The molecule has 2 rings (SSSR count). The molecule has 678 valence electrons. The van der Waals surface area contributed by atoms with Crippen LogP contribution in [0.5, 0.6) is 0 Å². The Hall–Kier alpha value is -6.89. The first-order valence-corrected chi connectivity index (χ1v) is 32.7. The van der Waals surface area contributed by atoms with Crippen LogP contribution < -0.4 is 10.6 Å². The summed E-state index contributed by atoms with van der Waals surface area (Å²) in [5.41, 5.74) is -3.52. The van der Waals surface area contributed by atoms with Crippen molar-refractivity contribution >= 4 is 77.5 Å². The Labute approximate surface area is 677 Å². The molecule has 2 saturated carbocycles. The molecule has 0 aliphatic heterocycles. The third-order valence-electron chi connectivity index (χ3n) is 17.4. The number of hydrogen-bond donors (Lipinski definition) is 11. The average Bonchev–Trinajstić information content (AvgIpc) is 0.849. The van der Waals surface area contributed by atoms with E-state index in [-0.39, 0.29) is 199 Å². The van der Waals surface area contributed by atoms with Crippen LogP contribution in [0.15, 0.2) is 0 Å². The Kier molecular flexibility index (Phi) is 121. The molecule has 110 heavy (non-hydrogen) atoms. The smallest absolute Gasteiger partial charge is 0.311 e. The second-order valence-corrected chi connectivity index (χ2v) is 27.5. The van der Waals surface area contributed by atoms with Gasteiger partial charge in [-0.3, -0.25) is 62.3 Å². The number of nitrogens with one attached hydrogen (secondary N) is 2. The van der Waals surface area contributed by atoms with Crippen molar-refractivity contribution in [2.75, 3.05) is 13.2 Å². The van der Waals surface area contributed by atoms with Gasteiger partial charge in [0, 0.05) is 23.4 Å². The molecule has 7 unspecified atom stereocenters. The van der Waals surface area contributed by atoms with Gasteiger partial charge in [-0.25, -0.2) is 0 Å². The SMILES string of the molecule is C.C.C.C.C.C.C.C.C.C.C.C.C.C.C.C.CC(C)C(C)C(=O)O.CCC(C)(C)C(=O)NC1CCCCC1C(=O)O.CCC(C)(C)C(=O)NCCC(=O)O.CCC(C)(C)C(=O)O.CCC(C)(C)C(=O)OC1CCCCC1C(=O)O.CCC(C)(C)C(=O)OCCC(=O)O.CCC(C)(CC(=O)O)C(=O)O.CCC(C)C(=O)O. The van der Waals surface area contributed by atoms with E-state index in [9.17, 15) is 62.3 Å². The molecule has 2 aliphatic rings. The van der Waals surface area contributed by atoms with Crippen LogP contribution in [0.25, 0.3) is 0 Å². The molecular weight excluding hydrogens is 1420 g/mol. The van der Waals surface area contributed by atoms with Crippen LogP contribution in [0.1, 0.15) is 387 Å². The molecular formula is C84H188N2O24. The summed E-state index contributed by atoms with van der Waals surface area (Å²) < 4.78 is 10.2. The van der Waals surface area contributed by atoms with Gasteiger partial charge in [0.1, 0.15) is 12.7 Å². The second-order valence-electron chi connectivity index (χ2n) is 27.5. The molecule has 11 N–H and O–H groups in total. The Morgan fingerprint density at radius 3 is 0.991 bits per heavy atom. The summed E-state index contributed by atoms with van der Waals surface area (Å²) >= 11 is 0. The molecule has 0 aromatic rings. The summed E-state index contributed by atoms with van der Waals surface area (Å²) in [5, 5.41) is 82.3. The number of rotatable bonds is 28. The van der Waals surface area contributed by atoms with E-state index in [0.29, 0.717) is 44.9 Å². The molecule has 0 saturated heterocycles. The Morgan fingerprint density at radius 2 is 0.736 bits per heavy atom. The van der Waals surface area contributed by atoms with Gasteiger partial charge in [-0.2, -0.15) is 0 Å². The molecule has 2 amide bonds.